The number of anilines is 3. The van der Waals surface area contributed by atoms with E-state index in [0.717, 1.165) is 38.5 Å². The van der Waals surface area contributed by atoms with Crippen LogP contribution in [0.4, 0.5) is 30.6 Å². The van der Waals surface area contributed by atoms with Crippen molar-refractivity contribution in [3.63, 3.8) is 0 Å². The molecule has 0 saturated heterocycles. The molecule has 0 spiro atoms. The highest BCUT2D eigenvalue weighted by molar-refractivity contribution is 5.87. The van der Waals surface area contributed by atoms with E-state index in [1.165, 1.54) is 24.3 Å². The van der Waals surface area contributed by atoms with Crippen molar-refractivity contribution in [3.8, 4) is 5.75 Å². The standard InChI is InChI=1S/C23H30F3N7O.2ClH/c1-3-17(4-2)33-13-28-19-20(29-15-9-11-18(12-10-15)34-23(24,25)26)31-22(32-21(19)33)30-16-7-5-14(27)6-8-16;;/h9-14,16-17H,3-8,27H2,1-2H3,(H2,29,30,31,32);2*1H. The maximum atomic E-state index is 12.5. The minimum atomic E-state index is -4.74. The van der Waals surface area contributed by atoms with E-state index in [2.05, 4.69) is 43.8 Å². The largest absolute Gasteiger partial charge is 0.573 e. The Hall–Kier alpha value is -2.50. The summed E-state index contributed by atoms with van der Waals surface area (Å²) < 4.78 is 43.4. The van der Waals surface area contributed by atoms with Gasteiger partial charge in [-0.2, -0.15) is 9.97 Å². The third-order valence-corrected chi connectivity index (χ3v) is 6.21. The summed E-state index contributed by atoms with van der Waals surface area (Å²) in [4.78, 5) is 14.0. The average Bonchev–Trinajstić information content (AvgIpc) is 3.21. The second-order valence-corrected chi connectivity index (χ2v) is 8.64. The molecule has 13 heteroatoms. The van der Waals surface area contributed by atoms with Crippen LogP contribution in [0.2, 0.25) is 0 Å². The van der Waals surface area contributed by atoms with Crippen LogP contribution >= 0.6 is 24.8 Å². The molecule has 1 aliphatic rings. The second kappa shape index (κ2) is 12.6. The quantitative estimate of drug-likeness (QED) is 0.300. The lowest BCUT2D eigenvalue weighted by atomic mass is 9.92. The first-order chi connectivity index (χ1) is 16.3. The van der Waals surface area contributed by atoms with E-state index < -0.39 is 6.36 Å². The number of halogens is 5. The molecule has 0 atom stereocenters. The maximum Gasteiger partial charge on any atom is 0.573 e. The van der Waals surface area contributed by atoms with E-state index in [4.69, 9.17) is 10.7 Å². The Kier molecular flexibility index (Phi) is 10.4. The first-order valence-electron chi connectivity index (χ1n) is 11.6. The number of fused-ring (bicyclic) bond motifs is 1. The smallest absolute Gasteiger partial charge is 0.406 e. The molecule has 0 amide bonds. The van der Waals surface area contributed by atoms with Crippen LogP contribution in [-0.4, -0.2) is 38.0 Å². The number of hydrogen-bond acceptors (Lipinski definition) is 7. The topological polar surface area (TPSA) is 103 Å². The first-order valence-corrected chi connectivity index (χ1v) is 11.6. The van der Waals surface area contributed by atoms with Gasteiger partial charge in [0.2, 0.25) is 5.95 Å². The van der Waals surface area contributed by atoms with Crippen molar-refractivity contribution >= 4 is 53.4 Å². The number of hydrogen-bond donors (Lipinski definition) is 3. The van der Waals surface area contributed by atoms with Crippen LogP contribution in [0.1, 0.15) is 58.4 Å². The van der Waals surface area contributed by atoms with Gasteiger partial charge in [-0.05, 0) is 62.8 Å². The molecular weight excluding hydrogens is 518 g/mol. The number of benzene rings is 1. The summed E-state index contributed by atoms with van der Waals surface area (Å²) >= 11 is 0. The number of nitrogens with one attached hydrogen (secondary N) is 2. The van der Waals surface area contributed by atoms with Crippen LogP contribution in [0.15, 0.2) is 30.6 Å². The SMILES string of the molecule is CCC(CC)n1cnc2c(Nc3ccc(OC(F)(F)F)cc3)nc(NC3CCC(N)CC3)nc21.Cl.Cl. The minimum Gasteiger partial charge on any atom is -0.406 e. The zero-order valence-electron chi connectivity index (χ0n) is 20.1. The molecular formula is C23H32Cl2F3N7O. The summed E-state index contributed by atoms with van der Waals surface area (Å²) in [5.74, 6) is 0.677. The highest BCUT2D eigenvalue weighted by Gasteiger charge is 2.31. The molecule has 1 aromatic carbocycles. The third kappa shape index (κ3) is 7.27. The van der Waals surface area contributed by atoms with E-state index in [1.54, 1.807) is 6.33 Å². The lowest BCUT2D eigenvalue weighted by molar-refractivity contribution is -0.274. The molecule has 3 aromatic rings. The molecule has 4 N–H and O–H groups in total. The number of nitrogens with two attached hydrogens (primary N) is 1. The third-order valence-electron chi connectivity index (χ3n) is 6.21. The summed E-state index contributed by atoms with van der Waals surface area (Å²) in [5.41, 5.74) is 7.90. The Labute approximate surface area is 220 Å². The molecule has 1 fully saturated rings. The van der Waals surface area contributed by atoms with Gasteiger partial charge in [-0.3, -0.25) is 0 Å². The van der Waals surface area contributed by atoms with E-state index in [9.17, 15) is 13.2 Å². The Morgan fingerprint density at radius 1 is 1.06 bits per heavy atom. The highest BCUT2D eigenvalue weighted by atomic mass is 35.5. The van der Waals surface area contributed by atoms with Crippen LogP contribution in [0.5, 0.6) is 5.75 Å². The molecule has 8 nitrogen and oxygen atoms in total. The Balaban J connectivity index is 0.00000228. The average molecular weight is 550 g/mol. The van der Waals surface area contributed by atoms with Crippen molar-refractivity contribution in [1.29, 1.82) is 0 Å². The number of ether oxygens (including phenoxy) is 1. The van der Waals surface area contributed by atoms with Crippen molar-refractivity contribution in [1.82, 2.24) is 19.5 Å². The van der Waals surface area contributed by atoms with Crippen LogP contribution in [0.25, 0.3) is 11.2 Å². The molecule has 4 rings (SSSR count). The van der Waals surface area contributed by atoms with Crippen LogP contribution < -0.4 is 21.1 Å². The molecule has 1 saturated carbocycles. The molecule has 200 valence electrons. The fraction of sp³-hybridized carbons (Fsp3) is 0.522. The summed E-state index contributed by atoms with van der Waals surface area (Å²) in [6.45, 7) is 4.24. The van der Waals surface area contributed by atoms with Gasteiger partial charge in [-0.15, -0.1) is 38.0 Å². The van der Waals surface area contributed by atoms with E-state index in [1.807, 2.05) is 0 Å². The van der Waals surface area contributed by atoms with E-state index >= 15 is 0 Å². The Morgan fingerprint density at radius 2 is 1.69 bits per heavy atom. The minimum absolute atomic E-state index is 0. The Morgan fingerprint density at radius 3 is 2.28 bits per heavy atom. The van der Waals surface area contributed by atoms with Gasteiger partial charge < -0.3 is 25.7 Å². The second-order valence-electron chi connectivity index (χ2n) is 8.64. The fourth-order valence-electron chi connectivity index (χ4n) is 4.34. The van der Waals surface area contributed by atoms with Gasteiger partial charge in [0.15, 0.2) is 17.0 Å². The van der Waals surface area contributed by atoms with Crippen molar-refractivity contribution in [2.45, 2.75) is 76.9 Å². The van der Waals surface area contributed by atoms with Gasteiger partial charge in [0, 0.05) is 23.8 Å². The first kappa shape index (κ1) is 29.7. The molecule has 0 aliphatic heterocycles. The van der Waals surface area contributed by atoms with Crippen molar-refractivity contribution in [2.75, 3.05) is 10.6 Å². The van der Waals surface area contributed by atoms with Gasteiger partial charge in [0.25, 0.3) is 0 Å². The van der Waals surface area contributed by atoms with Gasteiger partial charge >= 0.3 is 6.36 Å². The number of rotatable bonds is 8. The predicted molar refractivity (Wildman–Crippen MR) is 140 cm³/mol. The maximum absolute atomic E-state index is 12.5. The molecule has 2 heterocycles. The zero-order chi connectivity index (χ0) is 24.3. The number of alkyl halides is 3. The molecule has 0 unspecified atom stereocenters. The number of nitrogens with zero attached hydrogens (tertiary/aromatic N) is 4. The zero-order valence-corrected chi connectivity index (χ0v) is 21.7. The van der Waals surface area contributed by atoms with Crippen LogP contribution in [-0.2, 0) is 0 Å². The molecule has 0 radical (unpaired) electrons. The normalized spacial score (nSPS) is 17.9. The molecule has 0 bridgehead atoms. The monoisotopic (exact) mass is 549 g/mol. The van der Waals surface area contributed by atoms with E-state index in [-0.39, 0.29) is 48.7 Å². The molecule has 1 aliphatic carbocycles. The van der Waals surface area contributed by atoms with Crippen molar-refractivity contribution < 1.29 is 17.9 Å². The van der Waals surface area contributed by atoms with Crippen molar-refractivity contribution in [3.05, 3.63) is 30.6 Å². The summed E-state index contributed by atoms with van der Waals surface area (Å²) in [6, 6.07) is 6.22. The molecule has 2 aromatic heterocycles. The Bertz CT molecular complexity index is 1100. The van der Waals surface area contributed by atoms with Gasteiger partial charge in [0.05, 0.1) is 6.33 Å². The van der Waals surface area contributed by atoms with Crippen LogP contribution in [0.3, 0.4) is 0 Å². The fourth-order valence-corrected chi connectivity index (χ4v) is 4.34. The summed E-state index contributed by atoms with van der Waals surface area (Å²) in [5, 5.41) is 6.63. The highest BCUT2D eigenvalue weighted by Crippen LogP contribution is 2.30. The van der Waals surface area contributed by atoms with Gasteiger partial charge in [-0.25, -0.2) is 4.98 Å². The predicted octanol–water partition coefficient (Wildman–Crippen LogP) is 6.36. The lowest BCUT2D eigenvalue weighted by Gasteiger charge is -2.27. The van der Waals surface area contributed by atoms with Crippen LogP contribution in [0, 0.1) is 0 Å². The number of aromatic nitrogens is 4. The van der Waals surface area contributed by atoms with Crippen molar-refractivity contribution in [2.24, 2.45) is 5.73 Å². The number of imidazole rings is 1. The molecule has 36 heavy (non-hydrogen) atoms. The summed E-state index contributed by atoms with van der Waals surface area (Å²) in [7, 11) is 0. The lowest BCUT2D eigenvalue weighted by Crippen LogP contribution is -2.33. The van der Waals surface area contributed by atoms with Gasteiger partial charge in [0.1, 0.15) is 5.75 Å². The van der Waals surface area contributed by atoms with E-state index in [0.29, 0.717) is 28.6 Å². The summed E-state index contributed by atoms with van der Waals surface area (Å²) in [6.07, 6.45) is 2.67. The van der Waals surface area contributed by atoms with Gasteiger partial charge in [-0.1, -0.05) is 13.8 Å².